The smallest absolute Gasteiger partial charge is 0.123 e. The van der Waals surface area contributed by atoms with Crippen molar-refractivity contribution >= 4 is 24.2 Å². The lowest BCUT2D eigenvalue weighted by molar-refractivity contribution is 0.172. The fraction of sp³-hybridized carbons (Fsp3) is 0.571. The lowest BCUT2D eigenvalue weighted by Gasteiger charge is -2.36. The van der Waals surface area contributed by atoms with Crippen molar-refractivity contribution in [1.29, 1.82) is 0 Å². The van der Waals surface area contributed by atoms with Crippen LogP contribution in [0.15, 0.2) is 24.3 Å². The molecule has 1 aromatic rings. The van der Waals surface area contributed by atoms with E-state index in [1.165, 1.54) is 6.07 Å². The van der Waals surface area contributed by atoms with Crippen LogP contribution in [0.2, 0.25) is 0 Å². The van der Waals surface area contributed by atoms with E-state index >= 15 is 0 Å². The molecule has 108 valence electrons. The second kappa shape index (κ2) is 8.80. The lowest BCUT2D eigenvalue weighted by Crippen LogP contribution is -2.46. The molecule has 0 amide bonds. The van der Waals surface area contributed by atoms with Crippen molar-refractivity contribution in [2.24, 2.45) is 0 Å². The van der Waals surface area contributed by atoms with E-state index in [2.05, 4.69) is 17.1 Å². The van der Waals surface area contributed by atoms with E-state index in [0.29, 0.717) is 6.04 Å². The number of hydrogen-bond acceptors (Lipinski definition) is 3. The Hall–Kier alpha value is -0.290. The molecule has 0 radical (unpaired) electrons. The van der Waals surface area contributed by atoms with E-state index in [-0.39, 0.29) is 18.2 Å². The van der Waals surface area contributed by atoms with E-state index in [9.17, 15) is 4.39 Å². The second-order valence-electron chi connectivity index (χ2n) is 4.51. The van der Waals surface area contributed by atoms with Crippen LogP contribution in [0, 0.1) is 5.82 Å². The molecule has 5 heteroatoms. The van der Waals surface area contributed by atoms with Crippen LogP contribution in [0.25, 0.3) is 0 Å². The molecule has 1 aromatic carbocycles. The maximum absolute atomic E-state index is 13.3. The highest BCUT2D eigenvalue weighted by Gasteiger charge is 2.23. The van der Waals surface area contributed by atoms with Gasteiger partial charge < -0.3 is 5.32 Å². The van der Waals surface area contributed by atoms with Crippen molar-refractivity contribution in [3.8, 4) is 0 Å². The molecule has 0 aliphatic carbocycles. The van der Waals surface area contributed by atoms with Crippen molar-refractivity contribution in [3.63, 3.8) is 0 Å². The Morgan fingerprint density at radius 3 is 3.05 bits per heavy atom. The number of halogens is 2. The Morgan fingerprint density at radius 2 is 2.32 bits per heavy atom. The molecule has 1 heterocycles. The van der Waals surface area contributed by atoms with Gasteiger partial charge in [0.1, 0.15) is 5.82 Å². The third kappa shape index (κ3) is 4.95. The minimum atomic E-state index is -0.138. The average molecular weight is 305 g/mol. The van der Waals surface area contributed by atoms with Crippen molar-refractivity contribution in [1.82, 2.24) is 10.2 Å². The molecule has 0 spiro atoms. The Morgan fingerprint density at radius 1 is 1.47 bits per heavy atom. The molecule has 1 aliphatic heterocycles. The van der Waals surface area contributed by atoms with Crippen molar-refractivity contribution in [2.45, 2.75) is 13.0 Å². The number of benzene rings is 1. The third-order valence-electron chi connectivity index (χ3n) is 3.31. The number of thioether (sulfide) groups is 1. The van der Waals surface area contributed by atoms with Gasteiger partial charge in [-0.1, -0.05) is 19.1 Å². The summed E-state index contributed by atoms with van der Waals surface area (Å²) >= 11 is 1.97. The summed E-state index contributed by atoms with van der Waals surface area (Å²) in [6.45, 7) is 6.27. The Bertz CT molecular complexity index is 378. The van der Waals surface area contributed by atoms with Crippen LogP contribution < -0.4 is 5.32 Å². The first-order valence-electron chi connectivity index (χ1n) is 6.59. The standard InChI is InChI=1S/C14H21FN2S.ClH/c1-2-18-9-8-17-7-6-16-11-14(17)12-4-3-5-13(15)10-12;/h3-5,10,14,16H,2,6-9,11H2,1H3;1H. The first-order chi connectivity index (χ1) is 8.81. The maximum atomic E-state index is 13.3. The van der Waals surface area contributed by atoms with E-state index in [0.717, 1.165) is 43.2 Å². The van der Waals surface area contributed by atoms with Crippen LogP contribution in [0.1, 0.15) is 18.5 Å². The zero-order chi connectivity index (χ0) is 12.8. The van der Waals surface area contributed by atoms with E-state index < -0.39 is 0 Å². The Balaban J connectivity index is 0.00000180. The molecule has 1 aliphatic rings. The van der Waals surface area contributed by atoms with Crippen molar-refractivity contribution in [3.05, 3.63) is 35.6 Å². The first-order valence-corrected chi connectivity index (χ1v) is 7.74. The van der Waals surface area contributed by atoms with Gasteiger partial charge in [-0.25, -0.2) is 4.39 Å². The molecular formula is C14H22ClFN2S. The normalized spacial score (nSPS) is 20.0. The molecular weight excluding hydrogens is 283 g/mol. The summed E-state index contributed by atoms with van der Waals surface area (Å²) in [7, 11) is 0. The molecule has 2 rings (SSSR count). The van der Waals surface area contributed by atoms with Gasteiger partial charge in [-0.2, -0.15) is 11.8 Å². The monoisotopic (exact) mass is 304 g/mol. The number of nitrogens with zero attached hydrogens (tertiary/aromatic N) is 1. The molecule has 1 unspecified atom stereocenters. The van der Waals surface area contributed by atoms with Crippen LogP contribution in [-0.4, -0.2) is 42.6 Å². The summed E-state index contributed by atoms with van der Waals surface area (Å²) in [5, 5.41) is 3.40. The number of piperazine rings is 1. The summed E-state index contributed by atoms with van der Waals surface area (Å²) in [6.07, 6.45) is 0. The van der Waals surface area contributed by atoms with Crippen LogP contribution in [-0.2, 0) is 0 Å². The number of rotatable bonds is 5. The molecule has 1 atom stereocenters. The molecule has 2 nitrogen and oxygen atoms in total. The predicted molar refractivity (Wildman–Crippen MR) is 83.8 cm³/mol. The van der Waals surface area contributed by atoms with Crippen LogP contribution >= 0.6 is 24.2 Å². The van der Waals surface area contributed by atoms with E-state index in [1.807, 2.05) is 17.8 Å². The zero-order valence-electron chi connectivity index (χ0n) is 11.3. The number of nitrogens with one attached hydrogen (secondary N) is 1. The van der Waals surface area contributed by atoms with Gasteiger partial charge in [0.15, 0.2) is 0 Å². The molecule has 1 fully saturated rings. The average Bonchev–Trinajstić information content (AvgIpc) is 2.40. The molecule has 0 saturated carbocycles. The molecule has 0 aromatic heterocycles. The third-order valence-corrected chi connectivity index (χ3v) is 4.19. The van der Waals surface area contributed by atoms with Crippen LogP contribution in [0.5, 0.6) is 0 Å². The van der Waals surface area contributed by atoms with Gasteiger partial charge in [0.2, 0.25) is 0 Å². The van der Waals surface area contributed by atoms with E-state index in [4.69, 9.17) is 0 Å². The lowest BCUT2D eigenvalue weighted by atomic mass is 10.0. The zero-order valence-corrected chi connectivity index (χ0v) is 12.9. The van der Waals surface area contributed by atoms with Gasteiger partial charge in [0, 0.05) is 38.0 Å². The molecule has 1 saturated heterocycles. The fourth-order valence-corrected chi connectivity index (χ4v) is 3.03. The fourth-order valence-electron chi connectivity index (χ4n) is 2.38. The van der Waals surface area contributed by atoms with E-state index in [1.54, 1.807) is 12.1 Å². The van der Waals surface area contributed by atoms with Gasteiger partial charge in [-0.05, 0) is 23.4 Å². The molecule has 19 heavy (non-hydrogen) atoms. The minimum Gasteiger partial charge on any atom is -0.314 e. The second-order valence-corrected chi connectivity index (χ2v) is 5.90. The molecule has 0 bridgehead atoms. The molecule has 1 N–H and O–H groups in total. The summed E-state index contributed by atoms with van der Waals surface area (Å²) in [5.74, 6) is 2.18. The summed E-state index contributed by atoms with van der Waals surface area (Å²) in [4.78, 5) is 2.47. The first kappa shape index (κ1) is 16.8. The maximum Gasteiger partial charge on any atom is 0.123 e. The van der Waals surface area contributed by atoms with Crippen LogP contribution in [0.3, 0.4) is 0 Å². The van der Waals surface area contributed by atoms with Gasteiger partial charge in [0.05, 0.1) is 0 Å². The van der Waals surface area contributed by atoms with Gasteiger partial charge in [-0.3, -0.25) is 4.90 Å². The largest absolute Gasteiger partial charge is 0.314 e. The van der Waals surface area contributed by atoms with Crippen molar-refractivity contribution < 1.29 is 4.39 Å². The summed E-state index contributed by atoms with van der Waals surface area (Å²) < 4.78 is 13.3. The highest BCUT2D eigenvalue weighted by atomic mass is 35.5. The quantitative estimate of drug-likeness (QED) is 0.842. The topological polar surface area (TPSA) is 15.3 Å². The minimum absolute atomic E-state index is 0. The van der Waals surface area contributed by atoms with Gasteiger partial charge >= 0.3 is 0 Å². The van der Waals surface area contributed by atoms with Crippen LogP contribution in [0.4, 0.5) is 4.39 Å². The summed E-state index contributed by atoms with van der Waals surface area (Å²) in [5.41, 5.74) is 1.09. The summed E-state index contributed by atoms with van der Waals surface area (Å²) in [6, 6.07) is 7.32. The van der Waals surface area contributed by atoms with Gasteiger partial charge in [-0.15, -0.1) is 12.4 Å². The van der Waals surface area contributed by atoms with Crippen molar-refractivity contribution in [2.75, 3.05) is 37.7 Å². The highest BCUT2D eigenvalue weighted by molar-refractivity contribution is 7.99. The number of hydrogen-bond donors (Lipinski definition) is 1. The SMILES string of the molecule is CCSCCN1CCNCC1c1cccc(F)c1.Cl. The van der Waals surface area contributed by atoms with Gasteiger partial charge in [0.25, 0.3) is 0 Å². The Labute approximate surface area is 125 Å². The Kier molecular flexibility index (Phi) is 7.76. The predicted octanol–water partition coefficient (Wildman–Crippen LogP) is 2.95. The highest BCUT2D eigenvalue weighted by Crippen LogP contribution is 2.23.